The molecule has 2 fully saturated rings. The molecule has 4 rings (SSSR count). The molecule has 7 heteroatoms. The standard InChI is InChI=1S/C20H22N4O3/c1-14-6-2-3-8-16(14)22-19(25)23-12-17-18(13-23)27-20(26)24(17)11-9-15-7-4-5-10-21-15/h2-8,10,17-18H,9,11-13H2,1H3,(H,22,25)/t17-,18+/m1/s1. The molecule has 3 amide bonds. The molecule has 2 saturated heterocycles. The summed E-state index contributed by atoms with van der Waals surface area (Å²) in [5.41, 5.74) is 2.73. The number of amides is 3. The molecule has 1 aromatic carbocycles. The number of benzene rings is 1. The first-order valence-electron chi connectivity index (χ1n) is 9.10. The van der Waals surface area contributed by atoms with Crippen molar-refractivity contribution in [3.63, 3.8) is 0 Å². The summed E-state index contributed by atoms with van der Waals surface area (Å²) >= 11 is 0. The molecule has 0 aliphatic carbocycles. The summed E-state index contributed by atoms with van der Waals surface area (Å²) in [5.74, 6) is 0. The third-order valence-corrected chi connectivity index (χ3v) is 5.13. The van der Waals surface area contributed by atoms with Crippen LogP contribution in [-0.2, 0) is 11.2 Å². The van der Waals surface area contributed by atoms with E-state index in [4.69, 9.17) is 4.74 Å². The van der Waals surface area contributed by atoms with Crippen molar-refractivity contribution in [1.82, 2.24) is 14.8 Å². The Balaban J connectivity index is 1.38. The molecule has 0 bridgehead atoms. The van der Waals surface area contributed by atoms with E-state index in [2.05, 4.69) is 10.3 Å². The van der Waals surface area contributed by atoms with Crippen molar-refractivity contribution in [3.8, 4) is 0 Å². The number of para-hydroxylation sites is 1. The Hall–Kier alpha value is -3.09. The predicted octanol–water partition coefficient (Wildman–Crippen LogP) is 2.67. The van der Waals surface area contributed by atoms with Crippen LogP contribution in [0.2, 0.25) is 0 Å². The highest BCUT2D eigenvalue weighted by molar-refractivity contribution is 5.90. The van der Waals surface area contributed by atoms with E-state index in [-0.39, 0.29) is 24.3 Å². The summed E-state index contributed by atoms with van der Waals surface area (Å²) in [7, 11) is 0. The number of ether oxygens (including phenoxy) is 1. The number of carbonyl (C=O) groups is 2. The van der Waals surface area contributed by atoms with Gasteiger partial charge in [0.25, 0.3) is 0 Å². The van der Waals surface area contributed by atoms with Crippen LogP contribution < -0.4 is 5.32 Å². The number of aromatic nitrogens is 1. The SMILES string of the molecule is Cc1ccccc1NC(=O)N1C[C@@H]2OC(=O)N(CCc3ccccn3)[C@@H]2C1. The van der Waals surface area contributed by atoms with Crippen LogP contribution in [0.1, 0.15) is 11.3 Å². The number of hydrogen-bond donors (Lipinski definition) is 1. The van der Waals surface area contributed by atoms with E-state index < -0.39 is 0 Å². The van der Waals surface area contributed by atoms with Crippen molar-refractivity contribution in [2.24, 2.45) is 0 Å². The van der Waals surface area contributed by atoms with E-state index in [0.29, 0.717) is 26.1 Å². The molecular weight excluding hydrogens is 344 g/mol. The molecule has 7 nitrogen and oxygen atoms in total. The van der Waals surface area contributed by atoms with Gasteiger partial charge in [-0.3, -0.25) is 9.88 Å². The van der Waals surface area contributed by atoms with E-state index >= 15 is 0 Å². The average Bonchev–Trinajstić information content (AvgIpc) is 3.20. The van der Waals surface area contributed by atoms with Gasteiger partial charge < -0.3 is 15.0 Å². The van der Waals surface area contributed by atoms with Crippen LogP contribution in [0.3, 0.4) is 0 Å². The number of pyridine rings is 1. The number of likely N-dealkylation sites (tertiary alicyclic amines) is 1. The Morgan fingerprint density at radius 1 is 1.22 bits per heavy atom. The number of aryl methyl sites for hydroxylation is 1. The van der Waals surface area contributed by atoms with Crippen molar-refractivity contribution in [1.29, 1.82) is 0 Å². The van der Waals surface area contributed by atoms with Crippen molar-refractivity contribution in [3.05, 3.63) is 59.9 Å². The largest absolute Gasteiger partial charge is 0.442 e. The molecular formula is C20H22N4O3. The van der Waals surface area contributed by atoms with Crippen molar-refractivity contribution in [2.75, 3.05) is 25.0 Å². The van der Waals surface area contributed by atoms with Gasteiger partial charge in [0.2, 0.25) is 0 Å². The second-order valence-corrected chi connectivity index (χ2v) is 6.90. The monoisotopic (exact) mass is 366 g/mol. The Labute approximate surface area is 157 Å². The zero-order valence-corrected chi connectivity index (χ0v) is 15.2. The maximum absolute atomic E-state index is 12.6. The average molecular weight is 366 g/mol. The molecule has 2 aliphatic heterocycles. The first kappa shape index (κ1) is 17.3. The molecule has 2 aliphatic rings. The summed E-state index contributed by atoms with van der Waals surface area (Å²) in [6, 6.07) is 13.1. The minimum absolute atomic E-state index is 0.108. The lowest BCUT2D eigenvalue weighted by molar-refractivity contribution is 0.124. The molecule has 0 saturated carbocycles. The number of fused-ring (bicyclic) bond motifs is 1. The number of nitrogens with zero attached hydrogens (tertiary/aromatic N) is 3. The van der Waals surface area contributed by atoms with E-state index in [0.717, 1.165) is 16.9 Å². The molecule has 0 spiro atoms. The lowest BCUT2D eigenvalue weighted by Crippen LogP contribution is -2.41. The summed E-state index contributed by atoms with van der Waals surface area (Å²) in [5, 5.41) is 2.94. The molecule has 0 unspecified atom stereocenters. The fourth-order valence-corrected chi connectivity index (χ4v) is 3.62. The van der Waals surface area contributed by atoms with Crippen LogP contribution in [-0.4, -0.2) is 58.7 Å². The summed E-state index contributed by atoms with van der Waals surface area (Å²) in [6.45, 7) is 3.37. The van der Waals surface area contributed by atoms with Crippen molar-refractivity contribution >= 4 is 17.8 Å². The van der Waals surface area contributed by atoms with E-state index in [1.54, 1.807) is 16.0 Å². The molecule has 2 aromatic rings. The molecule has 2 atom stereocenters. The summed E-state index contributed by atoms with van der Waals surface area (Å²) in [4.78, 5) is 32.5. The van der Waals surface area contributed by atoms with Gasteiger partial charge in [0.1, 0.15) is 6.10 Å². The zero-order valence-electron chi connectivity index (χ0n) is 15.2. The Kier molecular flexibility index (Phi) is 4.66. The van der Waals surface area contributed by atoms with Gasteiger partial charge >= 0.3 is 12.1 Å². The van der Waals surface area contributed by atoms with Gasteiger partial charge in [-0.25, -0.2) is 9.59 Å². The van der Waals surface area contributed by atoms with Gasteiger partial charge in [-0.2, -0.15) is 0 Å². The van der Waals surface area contributed by atoms with Gasteiger partial charge in [0.15, 0.2) is 0 Å². The predicted molar refractivity (Wildman–Crippen MR) is 100 cm³/mol. The van der Waals surface area contributed by atoms with Crippen LogP contribution in [0.4, 0.5) is 15.3 Å². The van der Waals surface area contributed by atoms with Gasteiger partial charge in [0.05, 0.1) is 12.6 Å². The first-order valence-corrected chi connectivity index (χ1v) is 9.10. The number of anilines is 1. The van der Waals surface area contributed by atoms with Crippen LogP contribution in [0, 0.1) is 6.92 Å². The number of hydrogen-bond acceptors (Lipinski definition) is 4. The fourth-order valence-electron chi connectivity index (χ4n) is 3.62. The van der Waals surface area contributed by atoms with Crippen LogP contribution in [0.15, 0.2) is 48.7 Å². The number of carbonyl (C=O) groups excluding carboxylic acids is 2. The lowest BCUT2D eigenvalue weighted by Gasteiger charge is -2.23. The highest BCUT2D eigenvalue weighted by atomic mass is 16.6. The second-order valence-electron chi connectivity index (χ2n) is 6.90. The maximum Gasteiger partial charge on any atom is 0.410 e. The first-order chi connectivity index (χ1) is 13.1. The van der Waals surface area contributed by atoms with Crippen LogP contribution >= 0.6 is 0 Å². The molecule has 0 radical (unpaired) electrons. The normalized spacial score (nSPS) is 21.1. The van der Waals surface area contributed by atoms with E-state index in [1.807, 2.05) is 49.4 Å². The van der Waals surface area contributed by atoms with Crippen LogP contribution in [0.5, 0.6) is 0 Å². The molecule has 1 aromatic heterocycles. The number of urea groups is 1. The summed E-state index contributed by atoms with van der Waals surface area (Å²) < 4.78 is 5.49. The minimum atomic E-state index is -0.306. The Morgan fingerprint density at radius 2 is 2.04 bits per heavy atom. The van der Waals surface area contributed by atoms with Gasteiger partial charge in [0, 0.05) is 37.1 Å². The fraction of sp³-hybridized carbons (Fsp3) is 0.350. The van der Waals surface area contributed by atoms with Gasteiger partial charge in [-0.15, -0.1) is 0 Å². The van der Waals surface area contributed by atoms with Gasteiger partial charge in [-0.1, -0.05) is 24.3 Å². The highest BCUT2D eigenvalue weighted by Gasteiger charge is 2.48. The summed E-state index contributed by atoms with van der Waals surface area (Å²) in [6.07, 6.45) is 1.83. The lowest BCUT2D eigenvalue weighted by atomic mass is 10.2. The number of rotatable bonds is 4. The second kappa shape index (κ2) is 7.26. The van der Waals surface area contributed by atoms with Crippen molar-refractivity contribution in [2.45, 2.75) is 25.5 Å². The molecule has 3 heterocycles. The Bertz CT molecular complexity index is 842. The Morgan fingerprint density at radius 3 is 2.81 bits per heavy atom. The number of nitrogens with one attached hydrogen (secondary N) is 1. The topological polar surface area (TPSA) is 74.8 Å². The zero-order chi connectivity index (χ0) is 18.8. The smallest absolute Gasteiger partial charge is 0.410 e. The third kappa shape index (κ3) is 3.58. The quantitative estimate of drug-likeness (QED) is 0.903. The van der Waals surface area contributed by atoms with Crippen LogP contribution in [0.25, 0.3) is 0 Å². The molecule has 140 valence electrons. The third-order valence-electron chi connectivity index (χ3n) is 5.13. The molecule has 27 heavy (non-hydrogen) atoms. The minimum Gasteiger partial charge on any atom is -0.442 e. The maximum atomic E-state index is 12.6. The van der Waals surface area contributed by atoms with Crippen molar-refractivity contribution < 1.29 is 14.3 Å². The van der Waals surface area contributed by atoms with E-state index in [1.165, 1.54) is 0 Å². The highest BCUT2D eigenvalue weighted by Crippen LogP contribution is 2.27. The van der Waals surface area contributed by atoms with Gasteiger partial charge in [-0.05, 0) is 30.7 Å². The van der Waals surface area contributed by atoms with E-state index in [9.17, 15) is 9.59 Å². The molecule has 1 N–H and O–H groups in total.